The molecule has 0 spiro atoms. The normalized spacial score (nSPS) is 11.5. The first-order valence-electron chi connectivity index (χ1n) is 6.96. The highest BCUT2D eigenvalue weighted by molar-refractivity contribution is 7.92. The molecule has 0 fully saturated rings. The Hall–Kier alpha value is -2.02. The van der Waals surface area contributed by atoms with Crippen LogP contribution in [0.15, 0.2) is 59.6 Å². The number of aromatic nitrogens is 2. The summed E-state index contributed by atoms with van der Waals surface area (Å²) in [6.07, 6.45) is 1.48. The number of nitrogens with zero attached hydrogens (tertiary/aromatic N) is 2. The van der Waals surface area contributed by atoms with Crippen LogP contribution in [0.3, 0.4) is 0 Å². The van der Waals surface area contributed by atoms with Gasteiger partial charge in [-0.1, -0.05) is 41.4 Å². The summed E-state index contributed by atoms with van der Waals surface area (Å²) in [5.41, 5.74) is 1.50. The van der Waals surface area contributed by atoms with Crippen LogP contribution in [0.5, 0.6) is 0 Å². The maximum absolute atomic E-state index is 12.6. The second-order valence-corrected chi connectivity index (χ2v) is 7.56. The molecule has 124 valence electrons. The van der Waals surface area contributed by atoms with E-state index in [-0.39, 0.29) is 9.92 Å². The number of benzene rings is 2. The van der Waals surface area contributed by atoms with Crippen molar-refractivity contribution in [2.24, 2.45) is 0 Å². The fourth-order valence-corrected chi connectivity index (χ4v) is 3.70. The van der Waals surface area contributed by atoms with Crippen molar-refractivity contribution in [3.8, 4) is 5.69 Å². The highest BCUT2D eigenvalue weighted by Gasteiger charge is 2.21. The topological polar surface area (TPSA) is 64.0 Å². The molecule has 2 aromatic carbocycles. The third kappa shape index (κ3) is 3.40. The molecule has 5 nitrogen and oxygen atoms in total. The van der Waals surface area contributed by atoms with E-state index in [1.807, 2.05) is 30.3 Å². The monoisotopic (exact) mass is 381 g/mol. The van der Waals surface area contributed by atoms with Crippen molar-refractivity contribution in [1.82, 2.24) is 9.78 Å². The summed E-state index contributed by atoms with van der Waals surface area (Å²) in [6.45, 7) is 1.64. The lowest BCUT2D eigenvalue weighted by atomic mass is 10.3. The van der Waals surface area contributed by atoms with Gasteiger partial charge in [0.05, 0.1) is 33.3 Å². The number of anilines is 1. The second kappa shape index (κ2) is 6.47. The van der Waals surface area contributed by atoms with Gasteiger partial charge in [-0.25, -0.2) is 13.1 Å². The summed E-state index contributed by atoms with van der Waals surface area (Å²) >= 11 is 11.8. The molecule has 0 atom stereocenters. The van der Waals surface area contributed by atoms with Crippen LogP contribution in [0, 0.1) is 6.92 Å². The molecule has 0 unspecified atom stereocenters. The number of para-hydroxylation sites is 1. The molecule has 24 heavy (non-hydrogen) atoms. The fourth-order valence-electron chi connectivity index (χ4n) is 2.19. The van der Waals surface area contributed by atoms with Crippen LogP contribution in [0.25, 0.3) is 5.69 Å². The van der Waals surface area contributed by atoms with Crippen LogP contribution in [-0.4, -0.2) is 18.2 Å². The van der Waals surface area contributed by atoms with E-state index in [0.29, 0.717) is 16.4 Å². The van der Waals surface area contributed by atoms with E-state index in [0.717, 1.165) is 5.69 Å². The van der Waals surface area contributed by atoms with Crippen LogP contribution in [0.1, 0.15) is 5.69 Å². The number of halogens is 2. The molecular weight excluding hydrogens is 369 g/mol. The summed E-state index contributed by atoms with van der Waals surface area (Å²) in [6, 6.07) is 13.8. The van der Waals surface area contributed by atoms with Crippen molar-refractivity contribution in [3.63, 3.8) is 0 Å². The zero-order valence-electron chi connectivity index (χ0n) is 12.6. The molecule has 3 rings (SSSR count). The third-order valence-electron chi connectivity index (χ3n) is 3.34. The van der Waals surface area contributed by atoms with Gasteiger partial charge >= 0.3 is 0 Å². The average molecular weight is 382 g/mol. The maximum atomic E-state index is 12.6. The highest BCUT2D eigenvalue weighted by atomic mass is 35.5. The van der Waals surface area contributed by atoms with Gasteiger partial charge in [0, 0.05) is 0 Å². The summed E-state index contributed by atoms with van der Waals surface area (Å²) in [7, 11) is -3.80. The number of hydrogen-bond donors (Lipinski definition) is 1. The Kier molecular flexibility index (Phi) is 4.54. The van der Waals surface area contributed by atoms with Crippen molar-refractivity contribution >= 4 is 38.9 Å². The molecular formula is C16H13Cl2N3O2S. The SMILES string of the molecule is Cc1nn(-c2ccccc2)cc1S(=O)(=O)Nc1ccc(Cl)c(Cl)c1. The van der Waals surface area contributed by atoms with Gasteiger partial charge in [0.1, 0.15) is 4.90 Å². The molecule has 1 heterocycles. The lowest BCUT2D eigenvalue weighted by molar-refractivity contribution is 0.600. The lowest BCUT2D eigenvalue weighted by Crippen LogP contribution is -2.13. The molecule has 0 saturated heterocycles. The number of hydrogen-bond acceptors (Lipinski definition) is 3. The third-order valence-corrected chi connectivity index (χ3v) is 5.56. The zero-order valence-corrected chi connectivity index (χ0v) is 14.9. The van der Waals surface area contributed by atoms with Gasteiger partial charge in [0.25, 0.3) is 10.0 Å². The lowest BCUT2D eigenvalue weighted by Gasteiger charge is -2.07. The quantitative estimate of drug-likeness (QED) is 0.732. The standard InChI is InChI=1S/C16H13Cl2N3O2S/c1-11-16(10-21(19-11)13-5-3-2-4-6-13)24(22,23)20-12-7-8-14(17)15(18)9-12/h2-10,20H,1H3. The molecule has 3 aromatic rings. The summed E-state index contributed by atoms with van der Waals surface area (Å²) in [4.78, 5) is 0.0948. The fraction of sp³-hybridized carbons (Fsp3) is 0.0625. The summed E-state index contributed by atoms with van der Waals surface area (Å²) in [5.74, 6) is 0. The molecule has 0 amide bonds. The minimum absolute atomic E-state index is 0.0948. The van der Waals surface area contributed by atoms with Gasteiger partial charge in [-0.15, -0.1) is 0 Å². The molecule has 1 N–H and O–H groups in total. The molecule has 0 saturated carbocycles. The minimum Gasteiger partial charge on any atom is -0.279 e. The predicted octanol–water partition coefficient (Wildman–Crippen LogP) is 4.29. The molecule has 1 aromatic heterocycles. The first-order valence-corrected chi connectivity index (χ1v) is 9.20. The summed E-state index contributed by atoms with van der Waals surface area (Å²) in [5, 5.41) is 4.90. The number of nitrogens with one attached hydrogen (secondary N) is 1. The van der Waals surface area contributed by atoms with Gasteiger partial charge in [-0.2, -0.15) is 5.10 Å². The Balaban J connectivity index is 1.95. The van der Waals surface area contributed by atoms with Gasteiger partial charge in [-0.05, 0) is 37.3 Å². The highest BCUT2D eigenvalue weighted by Crippen LogP contribution is 2.27. The first kappa shape index (κ1) is 16.8. The Labute approximate surface area is 149 Å². The second-order valence-electron chi connectivity index (χ2n) is 5.09. The van der Waals surface area contributed by atoms with E-state index in [1.54, 1.807) is 13.0 Å². The van der Waals surface area contributed by atoms with E-state index in [2.05, 4.69) is 9.82 Å². The van der Waals surface area contributed by atoms with Crippen molar-refractivity contribution in [2.75, 3.05) is 4.72 Å². The largest absolute Gasteiger partial charge is 0.279 e. The van der Waals surface area contributed by atoms with Gasteiger partial charge < -0.3 is 0 Å². The molecule has 0 aliphatic rings. The number of aryl methyl sites for hydroxylation is 1. The van der Waals surface area contributed by atoms with Crippen LogP contribution in [0.2, 0.25) is 10.0 Å². The Morgan fingerprint density at radius 3 is 2.42 bits per heavy atom. The van der Waals surface area contributed by atoms with E-state index < -0.39 is 10.0 Å². The van der Waals surface area contributed by atoms with Crippen molar-refractivity contribution in [3.05, 3.63) is 70.5 Å². The van der Waals surface area contributed by atoms with Crippen molar-refractivity contribution < 1.29 is 8.42 Å². The smallest absolute Gasteiger partial charge is 0.265 e. The van der Waals surface area contributed by atoms with E-state index in [9.17, 15) is 8.42 Å². The van der Waals surface area contributed by atoms with Gasteiger partial charge in [0.2, 0.25) is 0 Å². The number of sulfonamides is 1. The molecule has 0 aliphatic heterocycles. The van der Waals surface area contributed by atoms with Crippen molar-refractivity contribution in [1.29, 1.82) is 0 Å². The molecule has 0 radical (unpaired) electrons. The van der Waals surface area contributed by atoms with E-state index >= 15 is 0 Å². The minimum atomic E-state index is -3.80. The molecule has 0 aliphatic carbocycles. The van der Waals surface area contributed by atoms with E-state index in [1.165, 1.54) is 23.0 Å². The Morgan fingerprint density at radius 1 is 1.04 bits per heavy atom. The Bertz CT molecular complexity index is 986. The first-order chi connectivity index (χ1) is 11.4. The van der Waals surface area contributed by atoms with Crippen LogP contribution >= 0.6 is 23.2 Å². The van der Waals surface area contributed by atoms with E-state index in [4.69, 9.17) is 23.2 Å². The average Bonchev–Trinajstić information content (AvgIpc) is 2.94. The van der Waals surface area contributed by atoms with Crippen molar-refractivity contribution in [2.45, 2.75) is 11.8 Å². The number of rotatable bonds is 4. The zero-order chi connectivity index (χ0) is 17.3. The molecule has 8 heteroatoms. The Morgan fingerprint density at radius 2 is 1.75 bits per heavy atom. The summed E-state index contributed by atoms with van der Waals surface area (Å²) < 4.78 is 29.3. The maximum Gasteiger partial charge on any atom is 0.265 e. The van der Waals surface area contributed by atoms with Crippen LogP contribution in [0.4, 0.5) is 5.69 Å². The molecule has 0 bridgehead atoms. The van der Waals surface area contributed by atoms with Crippen LogP contribution < -0.4 is 4.72 Å². The van der Waals surface area contributed by atoms with Crippen LogP contribution in [-0.2, 0) is 10.0 Å². The van der Waals surface area contributed by atoms with Gasteiger partial charge in [0.15, 0.2) is 0 Å². The predicted molar refractivity (Wildman–Crippen MR) is 95.6 cm³/mol. The van der Waals surface area contributed by atoms with Gasteiger partial charge in [-0.3, -0.25) is 4.72 Å².